The summed E-state index contributed by atoms with van der Waals surface area (Å²) in [6, 6.07) is 10.1. The molecule has 1 heterocycles. The maximum absolute atomic E-state index is 12.0. The van der Waals surface area contributed by atoms with Gasteiger partial charge in [-0.3, -0.25) is 4.79 Å². The fourth-order valence-corrected chi connectivity index (χ4v) is 1.81. The first-order valence-electron chi connectivity index (χ1n) is 6.30. The topological polar surface area (TPSA) is 34.9 Å². The smallest absolute Gasteiger partial charge is 0.185 e. The van der Waals surface area contributed by atoms with E-state index in [2.05, 4.69) is 17.1 Å². The average molecular weight is 242 g/mol. The summed E-state index contributed by atoms with van der Waals surface area (Å²) in [6.45, 7) is 4.71. The maximum atomic E-state index is 12.0. The number of hydrogen-bond donors (Lipinski definition) is 0. The van der Waals surface area contributed by atoms with Crippen molar-refractivity contribution in [1.82, 2.24) is 9.55 Å². The summed E-state index contributed by atoms with van der Waals surface area (Å²) < 4.78 is 1.95. The van der Waals surface area contributed by atoms with E-state index in [0.29, 0.717) is 5.69 Å². The summed E-state index contributed by atoms with van der Waals surface area (Å²) in [5.41, 5.74) is 1.78. The van der Waals surface area contributed by atoms with Crippen LogP contribution in [0.5, 0.6) is 0 Å². The summed E-state index contributed by atoms with van der Waals surface area (Å²) in [6.07, 6.45) is 4.41. The van der Waals surface area contributed by atoms with Gasteiger partial charge in [0.1, 0.15) is 5.69 Å². The van der Waals surface area contributed by atoms with Crippen LogP contribution < -0.4 is 0 Å². The van der Waals surface area contributed by atoms with Crippen LogP contribution in [0.25, 0.3) is 0 Å². The Morgan fingerprint density at radius 1 is 1.33 bits per heavy atom. The Kier molecular flexibility index (Phi) is 3.92. The molecule has 0 saturated heterocycles. The molecule has 0 aliphatic heterocycles. The Labute approximate surface area is 107 Å². The van der Waals surface area contributed by atoms with Gasteiger partial charge >= 0.3 is 0 Å². The van der Waals surface area contributed by atoms with Crippen LogP contribution >= 0.6 is 0 Å². The lowest BCUT2D eigenvalue weighted by molar-refractivity contribution is 0.0922. The third-order valence-electron chi connectivity index (χ3n) is 3.15. The van der Waals surface area contributed by atoms with Crippen LogP contribution in [0.1, 0.15) is 36.3 Å². The molecule has 1 aromatic carbocycles. The number of benzene rings is 1. The van der Waals surface area contributed by atoms with Gasteiger partial charge in [-0.2, -0.15) is 0 Å². The van der Waals surface area contributed by atoms with Crippen LogP contribution in [0.4, 0.5) is 0 Å². The fraction of sp³-hybridized carbons (Fsp3) is 0.333. The van der Waals surface area contributed by atoms with Gasteiger partial charge in [0, 0.05) is 18.7 Å². The van der Waals surface area contributed by atoms with Crippen LogP contribution in [0, 0.1) is 5.92 Å². The first-order valence-corrected chi connectivity index (χ1v) is 6.30. The number of hydrogen-bond acceptors (Lipinski definition) is 2. The Bertz CT molecular complexity index is 516. The van der Waals surface area contributed by atoms with Gasteiger partial charge in [0.05, 0.1) is 6.33 Å². The van der Waals surface area contributed by atoms with Crippen molar-refractivity contribution in [1.29, 1.82) is 0 Å². The molecule has 0 bridgehead atoms. The van der Waals surface area contributed by atoms with Gasteiger partial charge in [0.2, 0.25) is 0 Å². The van der Waals surface area contributed by atoms with E-state index in [-0.39, 0.29) is 11.7 Å². The minimum Gasteiger partial charge on any atom is -0.332 e. The summed E-state index contributed by atoms with van der Waals surface area (Å²) in [4.78, 5) is 16.2. The molecule has 0 spiro atoms. The highest BCUT2D eigenvalue weighted by atomic mass is 16.1. The molecule has 1 atom stereocenters. The van der Waals surface area contributed by atoms with Gasteiger partial charge in [-0.05, 0) is 12.0 Å². The Morgan fingerprint density at radius 2 is 2.06 bits per heavy atom. The largest absolute Gasteiger partial charge is 0.332 e. The first-order chi connectivity index (χ1) is 8.70. The molecule has 2 aromatic rings. The highest BCUT2D eigenvalue weighted by molar-refractivity contribution is 5.95. The summed E-state index contributed by atoms with van der Waals surface area (Å²) in [7, 11) is 0. The number of ketones is 1. The molecule has 0 radical (unpaired) electrons. The number of carbonyl (C=O) groups excluding carboxylic acids is 1. The zero-order valence-corrected chi connectivity index (χ0v) is 10.8. The second-order valence-corrected chi connectivity index (χ2v) is 4.59. The Morgan fingerprint density at radius 3 is 2.72 bits per heavy atom. The van der Waals surface area contributed by atoms with Crippen molar-refractivity contribution in [3.8, 4) is 0 Å². The number of imidazole rings is 1. The van der Waals surface area contributed by atoms with E-state index in [9.17, 15) is 4.79 Å². The second kappa shape index (κ2) is 5.63. The average Bonchev–Trinajstić information content (AvgIpc) is 2.86. The van der Waals surface area contributed by atoms with E-state index >= 15 is 0 Å². The predicted molar refractivity (Wildman–Crippen MR) is 71.6 cm³/mol. The van der Waals surface area contributed by atoms with Crippen molar-refractivity contribution < 1.29 is 4.79 Å². The van der Waals surface area contributed by atoms with E-state index in [1.54, 1.807) is 6.33 Å². The van der Waals surface area contributed by atoms with Crippen molar-refractivity contribution in [3.05, 3.63) is 54.1 Å². The van der Waals surface area contributed by atoms with Crippen molar-refractivity contribution in [2.24, 2.45) is 5.92 Å². The van der Waals surface area contributed by atoms with Crippen LogP contribution in [-0.4, -0.2) is 15.3 Å². The molecule has 0 amide bonds. The normalized spacial score (nSPS) is 12.3. The lowest BCUT2D eigenvalue weighted by Gasteiger charge is -2.04. The summed E-state index contributed by atoms with van der Waals surface area (Å²) >= 11 is 0. The van der Waals surface area contributed by atoms with Gasteiger partial charge < -0.3 is 4.57 Å². The third-order valence-corrected chi connectivity index (χ3v) is 3.15. The third kappa shape index (κ3) is 2.86. The molecule has 3 nitrogen and oxygen atoms in total. The molecule has 3 heteroatoms. The molecule has 0 saturated carbocycles. The first kappa shape index (κ1) is 12.6. The quantitative estimate of drug-likeness (QED) is 0.755. The number of rotatable bonds is 5. The molecular weight excluding hydrogens is 224 g/mol. The molecule has 0 N–H and O–H groups in total. The van der Waals surface area contributed by atoms with Crippen LogP contribution in [0.2, 0.25) is 0 Å². The lowest BCUT2D eigenvalue weighted by atomic mass is 10.0. The van der Waals surface area contributed by atoms with Crippen LogP contribution in [0.15, 0.2) is 42.9 Å². The molecule has 0 aliphatic carbocycles. The molecule has 1 aromatic heterocycles. The molecule has 0 aliphatic rings. The van der Waals surface area contributed by atoms with Crippen molar-refractivity contribution in [2.75, 3.05) is 0 Å². The number of nitrogens with zero attached hydrogens (tertiary/aromatic N) is 2. The van der Waals surface area contributed by atoms with E-state index in [4.69, 9.17) is 0 Å². The zero-order valence-electron chi connectivity index (χ0n) is 10.8. The maximum Gasteiger partial charge on any atom is 0.185 e. The highest BCUT2D eigenvalue weighted by Crippen LogP contribution is 2.11. The van der Waals surface area contributed by atoms with E-state index in [0.717, 1.165) is 13.0 Å². The number of aromatic nitrogens is 2. The molecular formula is C15H18N2O. The van der Waals surface area contributed by atoms with Crippen molar-refractivity contribution in [3.63, 3.8) is 0 Å². The van der Waals surface area contributed by atoms with E-state index in [1.807, 2.05) is 42.8 Å². The van der Waals surface area contributed by atoms with Gasteiger partial charge in [-0.1, -0.05) is 44.2 Å². The predicted octanol–water partition coefficient (Wildman–Crippen LogP) is 3.16. The van der Waals surface area contributed by atoms with Crippen LogP contribution in [0.3, 0.4) is 0 Å². The van der Waals surface area contributed by atoms with Crippen LogP contribution in [-0.2, 0) is 6.54 Å². The van der Waals surface area contributed by atoms with E-state index in [1.165, 1.54) is 5.56 Å². The summed E-state index contributed by atoms with van der Waals surface area (Å²) in [5.74, 6) is 0.175. The molecule has 2 rings (SSSR count). The van der Waals surface area contributed by atoms with Crippen molar-refractivity contribution in [2.45, 2.75) is 26.8 Å². The van der Waals surface area contributed by atoms with Gasteiger partial charge in [0.15, 0.2) is 5.78 Å². The van der Waals surface area contributed by atoms with E-state index < -0.39 is 0 Å². The SMILES string of the molecule is CCC(C)C(=O)c1cn(Cc2ccccc2)cn1. The number of carbonyl (C=O) groups is 1. The molecule has 94 valence electrons. The zero-order chi connectivity index (χ0) is 13.0. The lowest BCUT2D eigenvalue weighted by Crippen LogP contribution is -2.10. The second-order valence-electron chi connectivity index (χ2n) is 4.59. The van der Waals surface area contributed by atoms with Gasteiger partial charge in [0.25, 0.3) is 0 Å². The highest BCUT2D eigenvalue weighted by Gasteiger charge is 2.15. The molecule has 1 unspecified atom stereocenters. The molecule has 0 fully saturated rings. The van der Waals surface area contributed by atoms with Crippen molar-refractivity contribution >= 4 is 5.78 Å². The fourth-order valence-electron chi connectivity index (χ4n) is 1.81. The Hall–Kier alpha value is -1.90. The monoisotopic (exact) mass is 242 g/mol. The minimum atomic E-state index is 0.0464. The molecule has 18 heavy (non-hydrogen) atoms. The van der Waals surface area contributed by atoms with Gasteiger partial charge in [-0.15, -0.1) is 0 Å². The van der Waals surface area contributed by atoms with Gasteiger partial charge in [-0.25, -0.2) is 4.98 Å². The minimum absolute atomic E-state index is 0.0464. The summed E-state index contributed by atoms with van der Waals surface area (Å²) in [5, 5.41) is 0. The standard InChI is InChI=1S/C15H18N2O/c1-3-12(2)15(18)14-10-17(11-16-14)9-13-7-5-4-6-8-13/h4-8,10-12H,3,9H2,1-2H3. The number of Topliss-reactive ketones (excluding diaryl/α,β-unsaturated/α-hetero) is 1. The Balaban J connectivity index is 2.09.